The number of aryl methyl sites for hydroxylation is 1. The smallest absolute Gasteiger partial charge is 0.189 e. The molecule has 0 radical (unpaired) electrons. The van der Waals surface area contributed by atoms with Gasteiger partial charge in [0.25, 0.3) is 0 Å². The Bertz CT molecular complexity index is 643. The van der Waals surface area contributed by atoms with Crippen molar-refractivity contribution in [2.24, 2.45) is 0 Å². The number of thioether (sulfide) groups is 1. The van der Waals surface area contributed by atoms with E-state index in [1.807, 2.05) is 23.9 Å². The van der Waals surface area contributed by atoms with Gasteiger partial charge in [-0.1, -0.05) is 35.9 Å². The summed E-state index contributed by atoms with van der Waals surface area (Å²) in [7, 11) is 0. The lowest BCUT2D eigenvalue weighted by Gasteiger charge is -2.21. The summed E-state index contributed by atoms with van der Waals surface area (Å²) in [6, 6.07) is 12.4. The third-order valence-corrected chi connectivity index (χ3v) is 4.78. The number of hydrogen-bond donors (Lipinski definition) is 0. The highest BCUT2D eigenvalue weighted by atomic mass is 35.5. The molecule has 0 spiro atoms. The second-order valence-corrected chi connectivity index (χ2v) is 6.51. The fourth-order valence-electron chi connectivity index (χ4n) is 2.41. The van der Waals surface area contributed by atoms with Crippen LogP contribution < -0.4 is 4.74 Å². The van der Waals surface area contributed by atoms with Crippen LogP contribution in [0.4, 0.5) is 0 Å². The maximum Gasteiger partial charge on any atom is 0.189 e. The zero-order chi connectivity index (χ0) is 14.7. The Morgan fingerprint density at radius 3 is 2.81 bits per heavy atom. The average Bonchev–Trinajstić information content (AvgIpc) is 2.49. The maximum absolute atomic E-state index is 6.18. The van der Waals surface area contributed by atoms with E-state index in [0.29, 0.717) is 13.4 Å². The highest BCUT2D eigenvalue weighted by molar-refractivity contribution is 7.97. The van der Waals surface area contributed by atoms with Crippen molar-refractivity contribution in [1.82, 2.24) is 0 Å². The molecule has 110 valence electrons. The molecule has 0 aromatic heterocycles. The summed E-state index contributed by atoms with van der Waals surface area (Å²) in [5, 5.41) is 0.745. The second kappa shape index (κ2) is 6.73. The largest absolute Gasteiger partial charge is 0.467 e. The number of benzene rings is 2. The molecule has 4 heteroatoms. The Labute approximate surface area is 134 Å². The van der Waals surface area contributed by atoms with Gasteiger partial charge in [0, 0.05) is 27.7 Å². The number of fused-ring (bicyclic) bond motifs is 1. The first-order chi connectivity index (χ1) is 10.2. The Morgan fingerprint density at radius 2 is 1.95 bits per heavy atom. The van der Waals surface area contributed by atoms with Gasteiger partial charge in [0.2, 0.25) is 0 Å². The molecule has 0 saturated carbocycles. The molecule has 0 saturated heterocycles. The lowest BCUT2D eigenvalue weighted by Crippen LogP contribution is -2.13. The molecular weight excluding hydrogens is 304 g/mol. The molecule has 0 N–H and O–H groups in total. The van der Waals surface area contributed by atoms with Gasteiger partial charge < -0.3 is 9.47 Å². The van der Waals surface area contributed by atoms with Crippen LogP contribution in [-0.2, 0) is 22.8 Å². The number of rotatable bonds is 4. The van der Waals surface area contributed by atoms with Crippen LogP contribution in [-0.4, -0.2) is 6.79 Å². The fourth-order valence-corrected chi connectivity index (χ4v) is 3.75. The number of ether oxygens (including phenoxy) is 2. The predicted octanol–water partition coefficient (Wildman–Crippen LogP) is 4.95. The molecule has 2 nitrogen and oxygen atoms in total. The highest BCUT2D eigenvalue weighted by Gasteiger charge is 2.16. The first-order valence-electron chi connectivity index (χ1n) is 6.88. The predicted molar refractivity (Wildman–Crippen MR) is 87.9 cm³/mol. The number of hydrogen-bond acceptors (Lipinski definition) is 3. The van der Waals surface area contributed by atoms with Gasteiger partial charge in [-0.2, -0.15) is 11.8 Å². The van der Waals surface area contributed by atoms with Crippen molar-refractivity contribution < 1.29 is 9.47 Å². The van der Waals surface area contributed by atoms with Crippen molar-refractivity contribution in [3.63, 3.8) is 0 Å². The molecule has 0 bridgehead atoms. The zero-order valence-electron chi connectivity index (χ0n) is 11.9. The van der Waals surface area contributed by atoms with Gasteiger partial charge in [-0.3, -0.25) is 0 Å². The summed E-state index contributed by atoms with van der Waals surface area (Å²) in [6.07, 6.45) is 0. The molecule has 2 aromatic carbocycles. The van der Waals surface area contributed by atoms with Crippen molar-refractivity contribution in [3.8, 4) is 5.75 Å². The van der Waals surface area contributed by atoms with Gasteiger partial charge in [-0.05, 0) is 30.2 Å². The summed E-state index contributed by atoms with van der Waals surface area (Å²) in [4.78, 5) is 0. The van der Waals surface area contributed by atoms with Gasteiger partial charge >= 0.3 is 0 Å². The van der Waals surface area contributed by atoms with E-state index in [1.165, 1.54) is 11.1 Å². The number of halogens is 1. The van der Waals surface area contributed by atoms with E-state index < -0.39 is 0 Å². The van der Waals surface area contributed by atoms with Crippen LogP contribution in [0.2, 0.25) is 5.02 Å². The topological polar surface area (TPSA) is 18.5 Å². The third kappa shape index (κ3) is 3.54. The van der Waals surface area contributed by atoms with E-state index in [4.69, 9.17) is 21.1 Å². The average molecular weight is 321 g/mol. The molecule has 0 aliphatic carbocycles. The van der Waals surface area contributed by atoms with Gasteiger partial charge in [0.1, 0.15) is 5.75 Å². The van der Waals surface area contributed by atoms with Crippen LogP contribution in [0.5, 0.6) is 5.75 Å². The molecule has 1 aliphatic rings. The lowest BCUT2D eigenvalue weighted by molar-refractivity contribution is -0.0168. The minimum Gasteiger partial charge on any atom is -0.467 e. The fraction of sp³-hybridized carbons (Fsp3) is 0.294. The summed E-state index contributed by atoms with van der Waals surface area (Å²) in [5.41, 5.74) is 4.91. The van der Waals surface area contributed by atoms with Gasteiger partial charge in [-0.25, -0.2) is 0 Å². The van der Waals surface area contributed by atoms with Crippen molar-refractivity contribution in [2.45, 2.75) is 25.0 Å². The van der Waals surface area contributed by atoms with Crippen molar-refractivity contribution in [3.05, 3.63) is 63.7 Å². The molecule has 0 fully saturated rings. The molecule has 21 heavy (non-hydrogen) atoms. The van der Waals surface area contributed by atoms with Crippen LogP contribution in [0.15, 0.2) is 36.4 Å². The van der Waals surface area contributed by atoms with Crippen LogP contribution in [0, 0.1) is 6.92 Å². The van der Waals surface area contributed by atoms with E-state index in [-0.39, 0.29) is 0 Å². The molecule has 1 aliphatic heterocycles. The standard InChI is InChI=1S/C17H17ClO2S/c1-12-4-2-3-5-13(12)9-21-10-15-7-16(18)6-14-8-19-11-20-17(14)15/h2-7H,8-11H2,1H3. The van der Waals surface area contributed by atoms with E-state index >= 15 is 0 Å². The molecule has 0 unspecified atom stereocenters. The molecule has 1 heterocycles. The summed E-state index contributed by atoms with van der Waals surface area (Å²) < 4.78 is 10.9. The first kappa shape index (κ1) is 14.8. The van der Waals surface area contributed by atoms with Gasteiger partial charge in [-0.15, -0.1) is 0 Å². The van der Waals surface area contributed by atoms with Crippen LogP contribution in [0.1, 0.15) is 22.3 Å². The molecular formula is C17H17ClO2S. The van der Waals surface area contributed by atoms with Crippen molar-refractivity contribution in [1.29, 1.82) is 0 Å². The van der Waals surface area contributed by atoms with E-state index in [1.54, 1.807) is 0 Å². The highest BCUT2D eigenvalue weighted by Crippen LogP contribution is 2.34. The molecule has 0 atom stereocenters. The summed E-state index contributed by atoms with van der Waals surface area (Å²) in [5.74, 6) is 2.82. The normalized spacial score (nSPS) is 13.6. The van der Waals surface area contributed by atoms with Gasteiger partial charge in [0.05, 0.1) is 6.61 Å². The zero-order valence-corrected chi connectivity index (χ0v) is 13.5. The summed E-state index contributed by atoms with van der Waals surface area (Å²) >= 11 is 8.06. The van der Waals surface area contributed by atoms with Crippen molar-refractivity contribution >= 4 is 23.4 Å². The lowest BCUT2D eigenvalue weighted by atomic mass is 10.1. The van der Waals surface area contributed by atoms with Crippen LogP contribution in [0.3, 0.4) is 0 Å². The minimum absolute atomic E-state index is 0.324. The Hall–Kier alpha value is -1.16. The minimum atomic E-state index is 0.324. The Kier molecular flexibility index (Phi) is 4.73. The van der Waals surface area contributed by atoms with Gasteiger partial charge in [0.15, 0.2) is 6.79 Å². The maximum atomic E-state index is 6.18. The third-order valence-electron chi connectivity index (χ3n) is 3.53. The second-order valence-electron chi connectivity index (χ2n) is 5.08. The molecule has 0 amide bonds. The quantitative estimate of drug-likeness (QED) is 0.794. The summed E-state index contributed by atoms with van der Waals surface area (Å²) in [6.45, 7) is 3.05. The van der Waals surface area contributed by atoms with Crippen LogP contribution in [0.25, 0.3) is 0 Å². The first-order valence-corrected chi connectivity index (χ1v) is 8.41. The van der Waals surface area contributed by atoms with E-state index in [9.17, 15) is 0 Å². The van der Waals surface area contributed by atoms with E-state index in [0.717, 1.165) is 33.4 Å². The van der Waals surface area contributed by atoms with E-state index in [2.05, 4.69) is 31.2 Å². The SMILES string of the molecule is Cc1ccccc1CSCc1cc(Cl)cc2c1OCOC2. The van der Waals surface area contributed by atoms with Crippen LogP contribution >= 0.6 is 23.4 Å². The monoisotopic (exact) mass is 320 g/mol. The Balaban J connectivity index is 1.71. The Morgan fingerprint density at radius 1 is 1.14 bits per heavy atom. The molecule has 2 aromatic rings. The molecule has 3 rings (SSSR count). The van der Waals surface area contributed by atoms with Crippen molar-refractivity contribution in [2.75, 3.05) is 6.79 Å².